The quantitative estimate of drug-likeness (QED) is 0.0287. The van der Waals surface area contributed by atoms with E-state index in [1.807, 2.05) is 94.4 Å². The number of esters is 1. The summed E-state index contributed by atoms with van der Waals surface area (Å²) in [5, 5.41) is 6.07. The predicted molar refractivity (Wildman–Crippen MR) is 255 cm³/mol. The molecule has 2 saturated heterocycles. The van der Waals surface area contributed by atoms with Crippen LogP contribution in [-0.2, 0) is 57.6 Å². The van der Waals surface area contributed by atoms with Gasteiger partial charge < -0.3 is 34.1 Å². The fourth-order valence-corrected chi connectivity index (χ4v) is 8.82. The number of rotatable bonds is 27. The molecule has 67 heavy (non-hydrogen) atoms. The number of epoxide rings is 1. The number of hydrogen-bond acceptors (Lipinski definition) is 10. The Morgan fingerprint density at radius 3 is 2.00 bits per heavy atom. The highest BCUT2D eigenvalue weighted by Crippen LogP contribution is 2.32. The Morgan fingerprint density at radius 2 is 1.40 bits per heavy atom. The van der Waals surface area contributed by atoms with Crippen LogP contribution in [0.3, 0.4) is 0 Å². The van der Waals surface area contributed by atoms with E-state index in [0.717, 1.165) is 16.7 Å². The van der Waals surface area contributed by atoms with Crippen molar-refractivity contribution < 1.29 is 52.2 Å². The van der Waals surface area contributed by atoms with Crippen molar-refractivity contribution in [1.82, 2.24) is 10.6 Å². The number of carbonyl (C=O) groups excluding carboxylic acids is 6. The monoisotopic (exact) mass is 921 g/mol. The average molecular weight is 921 g/mol. The number of terminal acetylenes is 1. The van der Waals surface area contributed by atoms with Crippen LogP contribution in [0.25, 0.3) is 0 Å². The molecule has 2 amide bonds. The van der Waals surface area contributed by atoms with Crippen molar-refractivity contribution in [3.8, 4) is 23.8 Å². The molecule has 0 unspecified atom stereocenters. The number of carbonyl (C=O) groups is 6. The number of ketones is 3. The van der Waals surface area contributed by atoms with Crippen molar-refractivity contribution in [2.24, 2.45) is 23.7 Å². The fraction of sp³-hybridized carbons (Fsp3) is 0.519. The van der Waals surface area contributed by atoms with Gasteiger partial charge in [0.15, 0.2) is 17.3 Å². The maximum Gasteiger partial charge on any atom is 0.308 e. The van der Waals surface area contributed by atoms with Gasteiger partial charge in [-0.1, -0.05) is 94.3 Å². The Morgan fingerprint density at radius 1 is 0.806 bits per heavy atom. The molecular weight excluding hydrogens is 851 g/mol. The van der Waals surface area contributed by atoms with Gasteiger partial charge in [-0.3, -0.25) is 28.8 Å². The average Bonchev–Trinajstić information content (AvgIpc) is 4.05. The molecule has 0 aliphatic carbocycles. The summed E-state index contributed by atoms with van der Waals surface area (Å²) >= 11 is 0. The van der Waals surface area contributed by atoms with E-state index in [0.29, 0.717) is 81.1 Å². The number of ether oxygens (including phenoxy) is 4. The number of Topliss-reactive ketones (excluding diaryl/α,β-unsaturated/α-hetero) is 3. The minimum Gasteiger partial charge on any atom is -0.480 e. The van der Waals surface area contributed by atoms with Crippen LogP contribution in [-0.4, -0.2) is 103 Å². The van der Waals surface area contributed by atoms with Crippen molar-refractivity contribution in [3.05, 3.63) is 95.6 Å². The van der Waals surface area contributed by atoms with Crippen LogP contribution in [0.5, 0.6) is 11.5 Å². The van der Waals surface area contributed by atoms with Crippen LogP contribution < -0.4 is 20.1 Å². The largest absolute Gasteiger partial charge is 0.480 e. The van der Waals surface area contributed by atoms with E-state index in [4.69, 9.17) is 25.4 Å². The van der Waals surface area contributed by atoms with E-state index in [1.165, 1.54) is 6.92 Å². The number of quaternary nitrogens is 1. The van der Waals surface area contributed by atoms with Crippen LogP contribution >= 0.6 is 0 Å². The summed E-state index contributed by atoms with van der Waals surface area (Å²) in [6.45, 7) is 13.7. The highest BCUT2D eigenvalue weighted by molar-refractivity contribution is 5.98. The molecule has 2 aliphatic rings. The number of morpholine rings is 1. The number of aryl methyl sites for hydroxylation is 1. The van der Waals surface area contributed by atoms with Crippen molar-refractivity contribution in [3.63, 3.8) is 0 Å². The normalized spacial score (nSPS) is 18.1. The number of hydrogen-bond donors (Lipinski definition) is 2. The van der Waals surface area contributed by atoms with Gasteiger partial charge in [-0.25, -0.2) is 0 Å². The van der Waals surface area contributed by atoms with Gasteiger partial charge in [0.25, 0.3) is 0 Å². The summed E-state index contributed by atoms with van der Waals surface area (Å²) < 4.78 is 22.8. The van der Waals surface area contributed by atoms with Gasteiger partial charge in [0.2, 0.25) is 11.8 Å². The molecule has 13 nitrogen and oxygen atoms in total. The highest BCUT2D eigenvalue weighted by Gasteiger charge is 2.50. The summed E-state index contributed by atoms with van der Waals surface area (Å²) in [6.07, 6.45) is 7.21. The molecule has 360 valence electrons. The molecule has 5 atom stereocenters. The fourth-order valence-electron chi connectivity index (χ4n) is 8.82. The zero-order valence-corrected chi connectivity index (χ0v) is 40.2. The van der Waals surface area contributed by atoms with E-state index in [9.17, 15) is 28.8 Å². The predicted octanol–water partition coefficient (Wildman–Crippen LogP) is 6.42. The second kappa shape index (κ2) is 24.9. The molecule has 0 aromatic heterocycles. The molecule has 0 radical (unpaired) electrons. The van der Waals surface area contributed by atoms with Crippen molar-refractivity contribution in [2.45, 2.75) is 111 Å². The zero-order valence-electron chi connectivity index (χ0n) is 40.2. The Kier molecular flexibility index (Phi) is 19.4. The van der Waals surface area contributed by atoms with Gasteiger partial charge in [0, 0.05) is 43.2 Å². The number of nitrogens with zero attached hydrogens (tertiary/aromatic N) is 1. The SMILES string of the molecule is C#CCOc1cc(OC(C)=O)ccc1C[N+]1(CC(=O)C[C@@H](CCc2ccccc2)C(=O)N[C@@H](CC(C)C)C(=O)C[C@@H](Cc2ccccc2)C(=O)N[C@@H](CC(C)C)C(=O)[C@@]2(C)CO2)CCOCC1. The molecule has 3 aromatic carbocycles. The Balaban J connectivity index is 1.37. The van der Waals surface area contributed by atoms with Gasteiger partial charge in [-0.05, 0) is 74.1 Å². The molecule has 0 saturated carbocycles. The number of amides is 2. The number of nitrogens with one attached hydrogen (secondary N) is 2. The lowest BCUT2D eigenvalue weighted by molar-refractivity contribution is -0.940. The molecule has 0 spiro atoms. The smallest absolute Gasteiger partial charge is 0.308 e. The molecule has 13 heteroatoms. The van der Waals surface area contributed by atoms with E-state index < -0.39 is 47.3 Å². The molecular formula is C54H70N3O10+. The van der Waals surface area contributed by atoms with Crippen LogP contribution in [0.1, 0.15) is 90.3 Å². The molecule has 0 bridgehead atoms. The van der Waals surface area contributed by atoms with Crippen LogP contribution in [0.15, 0.2) is 78.9 Å². The van der Waals surface area contributed by atoms with Crippen molar-refractivity contribution >= 4 is 35.1 Å². The van der Waals surface area contributed by atoms with Gasteiger partial charge >= 0.3 is 5.97 Å². The first kappa shape index (κ1) is 52.3. The van der Waals surface area contributed by atoms with E-state index in [2.05, 4.69) is 16.6 Å². The lowest BCUT2D eigenvalue weighted by Gasteiger charge is -2.41. The topological polar surface area (TPSA) is 167 Å². The van der Waals surface area contributed by atoms with Crippen LogP contribution in [0.4, 0.5) is 0 Å². The summed E-state index contributed by atoms with van der Waals surface area (Å²) in [4.78, 5) is 83.1. The van der Waals surface area contributed by atoms with Crippen LogP contribution in [0.2, 0.25) is 0 Å². The van der Waals surface area contributed by atoms with Gasteiger partial charge in [0.1, 0.15) is 49.9 Å². The van der Waals surface area contributed by atoms with Gasteiger partial charge in [-0.15, -0.1) is 6.42 Å². The van der Waals surface area contributed by atoms with E-state index in [-0.39, 0.29) is 61.6 Å². The maximum absolute atomic E-state index is 14.6. The Hall–Kier alpha value is -5.68. The van der Waals surface area contributed by atoms with Gasteiger partial charge in [-0.2, -0.15) is 0 Å². The minimum atomic E-state index is -0.937. The Labute approximate surface area is 396 Å². The summed E-state index contributed by atoms with van der Waals surface area (Å²) in [6, 6.07) is 22.6. The van der Waals surface area contributed by atoms with Crippen molar-refractivity contribution in [1.29, 1.82) is 0 Å². The summed E-state index contributed by atoms with van der Waals surface area (Å²) in [7, 11) is 0. The van der Waals surface area contributed by atoms with Crippen LogP contribution in [0, 0.1) is 36.0 Å². The first-order valence-electron chi connectivity index (χ1n) is 23.7. The molecule has 2 heterocycles. The molecule has 2 fully saturated rings. The first-order valence-corrected chi connectivity index (χ1v) is 23.7. The zero-order chi connectivity index (χ0) is 48.6. The second-order valence-electron chi connectivity index (χ2n) is 19.4. The second-order valence-corrected chi connectivity index (χ2v) is 19.4. The maximum atomic E-state index is 14.6. The van der Waals surface area contributed by atoms with Crippen molar-refractivity contribution in [2.75, 3.05) is 46.1 Å². The third kappa shape index (κ3) is 16.6. The molecule has 3 aromatic rings. The highest BCUT2D eigenvalue weighted by atomic mass is 16.6. The summed E-state index contributed by atoms with van der Waals surface area (Å²) in [5.74, 6) is -0.0914. The lowest BCUT2D eigenvalue weighted by atomic mass is 9.87. The minimum absolute atomic E-state index is 0.00685. The molecule has 2 N–H and O–H groups in total. The molecule has 2 aliphatic heterocycles. The van der Waals surface area contributed by atoms with Gasteiger partial charge in [0.05, 0.1) is 31.9 Å². The first-order chi connectivity index (χ1) is 32.0. The Bertz CT molecular complexity index is 2190. The lowest BCUT2D eigenvalue weighted by Crippen LogP contribution is -2.57. The van der Waals surface area contributed by atoms with E-state index >= 15 is 0 Å². The van der Waals surface area contributed by atoms with E-state index in [1.54, 1.807) is 19.1 Å². The molecule has 5 rings (SSSR count). The third-order valence-electron chi connectivity index (χ3n) is 12.5. The standard InChI is InChI=1S/C54H69N3O10/c1-8-25-65-50-33-46(67-39(6)58)22-21-43(50)34-57(23-26-64-27-24-57)35-45(59)31-42(20-19-40-15-11-9-12-16-40)52(62)55-47(28-37(2)3)49(60)32-44(30-41-17-13-10-14-18-41)53(63)56-48(29-38(4)5)51(61)54(7)36-66-54/h1,9-18,21-22,33,37-38,42,44,47-48H,19-20,23-32,34-36H2,2-7H3,(H-,55,56,62,63)/p+1/t42-,44-,47+,48+,54-/m1/s1. The summed E-state index contributed by atoms with van der Waals surface area (Å²) in [5.41, 5.74) is 1.72. The number of benzene rings is 3. The third-order valence-corrected chi connectivity index (χ3v) is 12.5.